The smallest absolute Gasteiger partial charge is 0.246 e. The van der Waals surface area contributed by atoms with Gasteiger partial charge < -0.3 is 14.4 Å². The molecule has 0 heterocycles. The molecule has 0 fully saturated rings. The fourth-order valence-corrected chi connectivity index (χ4v) is 4.60. The maximum absolute atomic E-state index is 13.1. The van der Waals surface area contributed by atoms with Crippen LogP contribution in [-0.2, 0) is 21.4 Å². The number of carbonyl (C=O) groups is 1. The van der Waals surface area contributed by atoms with E-state index < -0.39 is 16.1 Å². The first-order valence-electron chi connectivity index (χ1n) is 9.52. The van der Waals surface area contributed by atoms with Crippen LogP contribution >= 0.6 is 0 Å². The van der Waals surface area contributed by atoms with Crippen molar-refractivity contribution in [3.05, 3.63) is 53.1 Å². The van der Waals surface area contributed by atoms with Crippen LogP contribution < -0.4 is 13.8 Å². The van der Waals surface area contributed by atoms with Crippen molar-refractivity contribution < 1.29 is 22.7 Å². The van der Waals surface area contributed by atoms with E-state index in [2.05, 4.69) is 0 Å². The third kappa shape index (κ3) is 5.24. The van der Waals surface area contributed by atoms with Gasteiger partial charge in [-0.15, -0.1) is 0 Å². The van der Waals surface area contributed by atoms with Gasteiger partial charge in [-0.3, -0.25) is 9.10 Å². The average molecular weight is 435 g/mol. The summed E-state index contributed by atoms with van der Waals surface area (Å²) < 4.78 is 37.0. The Kier molecular flexibility index (Phi) is 7.36. The first kappa shape index (κ1) is 23.5. The number of likely N-dealkylation sites (N-methyl/N-ethyl adjacent to an activating group) is 1. The number of benzene rings is 2. The maximum atomic E-state index is 13.1. The molecular formula is C22H30N2O5S. The molecule has 0 aliphatic heterocycles. The molecule has 2 aromatic carbocycles. The summed E-state index contributed by atoms with van der Waals surface area (Å²) >= 11 is 0. The van der Waals surface area contributed by atoms with Crippen molar-refractivity contribution in [2.45, 2.75) is 33.4 Å². The molecule has 7 nitrogen and oxygen atoms in total. The van der Waals surface area contributed by atoms with Gasteiger partial charge >= 0.3 is 0 Å². The predicted octanol–water partition coefficient (Wildman–Crippen LogP) is 3.13. The van der Waals surface area contributed by atoms with Gasteiger partial charge in [-0.2, -0.15) is 0 Å². The van der Waals surface area contributed by atoms with Gasteiger partial charge in [0.05, 0.1) is 26.2 Å². The average Bonchev–Trinajstić information content (AvgIpc) is 2.68. The normalized spacial score (nSPS) is 12.2. The first-order chi connectivity index (χ1) is 14.0. The maximum Gasteiger partial charge on any atom is 0.246 e. The van der Waals surface area contributed by atoms with Gasteiger partial charge in [0.25, 0.3) is 0 Å². The quantitative estimate of drug-likeness (QED) is 0.638. The van der Waals surface area contributed by atoms with E-state index in [4.69, 9.17) is 9.47 Å². The molecule has 2 aromatic rings. The van der Waals surface area contributed by atoms with Crippen LogP contribution in [0.25, 0.3) is 0 Å². The Hall–Kier alpha value is -2.74. The lowest BCUT2D eigenvalue weighted by molar-refractivity contribution is -0.131. The molecule has 0 saturated heterocycles. The van der Waals surface area contributed by atoms with E-state index in [1.54, 1.807) is 46.4 Å². The van der Waals surface area contributed by atoms with Crippen molar-refractivity contribution in [2.24, 2.45) is 0 Å². The summed E-state index contributed by atoms with van der Waals surface area (Å²) in [5.74, 6) is 0.856. The molecule has 0 saturated carbocycles. The molecule has 0 bridgehead atoms. The van der Waals surface area contributed by atoms with Gasteiger partial charge in [-0.05, 0) is 55.7 Å². The molecule has 0 radical (unpaired) electrons. The van der Waals surface area contributed by atoms with Gasteiger partial charge in [0.2, 0.25) is 15.9 Å². The van der Waals surface area contributed by atoms with E-state index >= 15 is 0 Å². The SMILES string of the molecule is COc1ccc(CN(C)C(=O)[C@@H](C)N(c2cc(C)ccc2C)S(C)(=O)=O)cc1OC. The number of amides is 1. The summed E-state index contributed by atoms with van der Waals surface area (Å²) in [7, 11) is 1.08. The highest BCUT2D eigenvalue weighted by molar-refractivity contribution is 7.92. The number of rotatable bonds is 8. The van der Waals surface area contributed by atoms with Gasteiger partial charge in [0.1, 0.15) is 6.04 Å². The zero-order chi connectivity index (χ0) is 22.6. The second-order valence-corrected chi connectivity index (χ2v) is 9.27. The van der Waals surface area contributed by atoms with Gasteiger partial charge in [0, 0.05) is 13.6 Å². The van der Waals surface area contributed by atoms with Crippen LogP contribution in [-0.4, -0.2) is 52.8 Å². The Morgan fingerprint density at radius 2 is 1.67 bits per heavy atom. The monoisotopic (exact) mass is 434 g/mol. The Morgan fingerprint density at radius 1 is 1.03 bits per heavy atom. The van der Waals surface area contributed by atoms with E-state index in [1.165, 1.54) is 9.21 Å². The van der Waals surface area contributed by atoms with E-state index in [9.17, 15) is 13.2 Å². The van der Waals surface area contributed by atoms with Crippen molar-refractivity contribution in [3.8, 4) is 11.5 Å². The summed E-state index contributed by atoms with van der Waals surface area (Å²) in [6.45, 7) is 5.63. The molecule has 0 spiro atoms. The molecule has 1 atom stereocenters. The molecular weight excluding hydrogens is 404 g/mol. The number of carbonyl (C=O) groups excluding carboxylic acids is 1. The second kappa shape index (κ2) is 9.38. The highest BCUT2D eigenvalue weighted by Gasteiger charge is 2.32. The highest BCUT2D eigenvalue weighted by Crippen LogP contribution is 2.29. The highest BCUT2D eigenvalue weighted by atomic mass is 32.2. The van der Waals surface area contributed by atoms with Crippen LogP contribution in [0.4, 0.5) is 5.69 Å². The molecule has 164 valence electrons. The number of anilines is 1. The van der Waals surface area contributed by atoms with Crippen molar-refractivity contribution in [2.75, 3.05) is 31.8 Å². The van der Waals surface area contributed by atoms with E-state index in [0.717, 1.165) is 22.9 Å². The summed E-state index contributed by atoms with van der Waals surface area (Å²) in [5.41, 5.74) is 3.06. The topological polar surface area (TPSA) is 76.2 Å². The van der Waals surface area contributed by atoms with Crippen LogP contribution in [0.3, 0.4) is 0 Å². The Morgan fingerprint density at radius 3 is 2.23 bits per heavy atom. The number of nitrogens with zero attached hydrogens (tertiary/aromatic N) is 2. The lowest BCUT2D eigenvalue weighted by Crippen LogP contribution is -2.48. The summed E-state index contributed by atoms with van der Waals surface area (Å²) in [6.07, 6.45) is 1.12. The van der Waals surface area contributed by atoms with Crippen molar-refractivity contribution in [1.29, 1.82) is 0 Å². The minimum atomic E-state index is -3.68. The summed E-state index contributed by atoms with van der Waals surface area (Å²) in [5, 5.41) is 0. The van der Waals surface area contributed by atoms with Crippen molar-refractivity contribution >= 4 is 21.6 Å². The molecule has 8 heteroatoms. The molecule has 0 aromatic heterocycles. The Balaban J connectivity index is 2.32. The molecule has 0 aliphatic rings. The number of ether oxygens (including phenoxy) is 2. The predicted molar refractivity (Wildman–Crippen MR) is 119 cm³/mol. The number of hydrogen-bond acceptors (Lipinski definition) is 5. The van der Waals surface area contributed by atoms with Crippen LogP contribution in [0, 0.1) is 13.8 Å². The molecule has 0 unspecified atom stereocenters. The summed E-state index contributed by atoms with van der Waals surface area (Å²) in [4.78, 5) is 14.7. The van der Waals surface area contributed by atoms with Crippen LogP contribution in [0.15, 0.2) is 36.4 Å². The van der Waals surface area contributed by atoms with Crippen LogP contribution in [0.5, 0.6) is 11.5 Å². The van der Waals surface area contributed by atoms with Crippen molar-refractivity contribution in [1.82, 2.24) is 4.90 Å². The number of sulfonamides is 1. The van der Waals surface area contributed by atoms with Crippen LogP contribution in [0.1, 0.15) is 23.6 Å². The Labute approximate surface area is 179 Å². The third-order valence-electron chi connectivity index (χ3n) is 4.91. The molecule has 30 heavy (non-hydrogen) atoms. The molecule has 0 N–H and O–H groups in total. The molecule has 1 amide bonds. The third-order valence-corrected chi connectivity index (χ3v) is 6.14. The van der Waals surface area contributed by atoms with E-state index in [-0.39, 0.29) is 5.91 Å². The minimum absolute atomic E-state index is 0.300. The number of methoxy groups -OCH3 is 2. The standard InChI is InChI=1S/C22H30N2O5S/c1-15-8-9-16(2)19(12-15)24(30(7,26)27)17(3)22(25)23(4)14-18-10-11-20(28-5)21(13-18)29-6/h8-13,17H,14H2,1-7H3/t17-/m1/s1. The van der Waals surface area contributed by atoms with E-state index in [0.29, 0.717) is 23.7 Å². The van der Waals surface area contributed by atoms with E-state index in [1.807, 2.05) is 32.0 Å². The zero-order valence-electron chi connectivity index (χ0n) is 18.6. The lowest BCUT2D eigenvalue weighted by Gasteiger charge is -2.32. The van der Waals surface area contributed by atoms with Gasteiger partial charge in [-0.1, -0.05) is 18.2 Å². The minimum Gasteiger partial charge on any atom is -0.493 e. The number of hydrogen-bond donors (Lipinski definition) is 0. The molecule has 2 rings (SSSR count). The van der Waals surface area contributed by atoms with Crippen molar-refractivity contribution in [3.63, 3.8) is 0 Å². The van der Waals surface area contributed by atoms with Crippen LogP contribution in [0.2, 0.25) is 0 Å². The zero-order valence-corrected chi connectivity index (χ0v) is 19.4. The van der Waals surface area contributed by atoms with Gasteiger partial charge in [0.15, 0.2) is 11.5 Å². The lowest BCUT2D eigenvalue weighted by atomic mass is 10.1. The molecule has 0 aliphatic carbocycles. The van der Waals surface area contributed by atoms with Gasteiger partial charge in [-0.25, -0.2) is 8.42 Å². The first-order valence-corrected chi connectivity index (χ1v) is 11.4. The largest absolute Gasteiger partial charge is 0.493 e. The number of aryl methyl sites for hydroxylation is 2. The Bertz CT molecular complexity index is 1020. The summed E-state index contributed by atoms with van der Waals surface area (Å²) in [6, 6.07) is 10.1. The fourth-order valence-electron chi connectivity index (χ4n) is 3.38. The second-order valence-electron chi connectivity index (χ2n) is 7.41. The fraction of sp³-hybridized carbons (Fsp3) is 0.409.